The Hall–Kier alpha value is 0.236. The van der Waals surface area contributed by atoms with Crippen LogP contribution in [0, 0.1) is 0 Å². The van der Waals surface area contributed by atoms with E-state index < -0.39 is 0 Å². The molecular formula is C2H6MgN2. The zero-order chi connectivity index (χ0) is 3.41. The molecule has 5 heavy (non-hydrogen) atoms. The van der Waals surface area contributed by atoms with Gasteiger partial charge in [-0.25, -0.2) is 0 Å². The van der Waals surface area contributed by atoms with E-state index in [1.165, 1.54) is 0 Å². The Morgan fingerprint density at radius 1 is 1.80 bits per heavy atom. The SMILES string of the molecule is C=NNC.[Mg]. The molecule has 0 fully saturated rings. The van der Waals surface area contributed by atoms with E-state index in [0.717, 1.165) is 0 Å². The van der Waals surface area contributed by atoms with Gasteiger partial charge in [0.1, 0.15) is 0 Å². The molecule has 0 amide bonds. The van der Waals surface area contributed by atoms with Crippen LogP contribution in [0.1, 0.15) is 0 Å². The lowest BCUT2D eigenvalue weighted by molar-refractivity contribution is 0.913. The number of hydrogen-bond acceptors (Lipinski definition) is 2. The van der Waals surface area contributed by atoms with Gasteiger partial charge in [0, 0.05) is 36.8 Å². The summed E-state index contributed by atoms with van der Waals surface area (Å²) in [5, 5.41) is 3.24. The number of hydrazone groups is 1. The molecule has 0 heterocycles. The van der Waals surface area contributed by atoms with Crippen molar-refractivity contribution in [1.29, 1.82) is 0 Å². The van der Waals surface area contributed by atoms with Crippen LogP contribution in [0.5, 0.6) is 0 Å². The maximum absolute atomic E-state index is 3.24. The van der Waals surface area contributed by atoms with Gasteiger partial charge >= 0.3 is 0 Å². The predicted molar refractivity (Wildman–Crippen MR) is 24.4 cm³/mol. The quantitative estimate of drug-likeness (QED) is 0.256. The van der Waals surface area contributed by atoms with Crippen molar-refractivity contribution in [3.63, 3.8) is 0 Å². The van der Waals surface area contributed by atoms with Gasteiger partial charge in [-0.2, -0.15) is 5.10 Å². The number of nitrogens with one attached hydrogen (secondary N) is 1. The summed E-state index contributed by atoms with van der Waals surface area (Å²) in [7, 11) is 1.70. The first kappa shape index (κ1) is 8.97. The Kier molecular flexibility index (Phi) is 15.9. The van der Waals surface area contributed by atoms with Crippen molar-refractivity contribution < 1.29 is 0 Å². The molecule has 0 aliphatic rings. The summed E-state index contributed by atoms with van der Waals surface area (Å²) >= 11 is 0. The van der Waals surface area contributed by atoms with Crippen LogP contribution in [-0.2, 0) is 0 Å². The Bertz CT molecular complexity index is 21.6. The highest BCUT2D eigenvalue weighted by atomic mass is 24.3. The third-order valence-corrected chi connectivity index (χ3v) is 0.158. The monoisotopic (exact) mass is 82.0 g/mol. The van der Waals surface area contributed by atoms with E-state index in [-0.39, 0.29) is 23.1 Å². The normalized spacial score (nSPS) is 4.20. The van der Waals surface area contributed by atoms with E-state index in [0.29, 0.717) is 0 Å². The highest BCUT2D eigenvalue weighted by molar-refractivity contribution is 5.75. The van der Waals surface area contributed by atoms with Crippen LogP contribution >= 0.6 is 0 Å². The lowest BCUT2D eigenvalue weighted by Gasteiger charge is -1.71. The average molecular weight is 82.4 g/mol. The van der Waals surface area contributed by atoms with Crippen molar-refractivity contribution in [2.45, 2.75) is 0 Å². The smallest absolute Gasteiger partial charge is 0.0216 e. The van der Waals surface area contributed by atoms with Crippen molar-refractivity contribution in [1.82, 2.24) is 5.43 Å². The number of nitrogens with zero attached hydrogens (tertiary/aromatic N) is 1. The molecule has 2 nitrogen and oxygen atoms in total. The van der Waals surface area contributed by atoms with Crippen LogP contribution in [0.4, 0.5) is 0 Å². The Morgan fingerprint density at radius 2 is 2.00 bits per heavy atom. The van der Waals surface area contributed by atoms with Gasteiger partial charge in [-0.3, -0.25) is 0 Å². The number of hydrogen-bond donors (Lipinski definition) is 1. The summed E-state index contributed by atoms with van der Waals surface area (Å²) in [6.45, 7) is 3.12. The molecule has 0 spiro atoms. The second-order valence-electron chi connectivity index (χ2n) is 0.382. The van der Waals surface area contributed by atoms with E-state index in [2.05, 4.69) is 17.2 Å². The van der Waals surface area contributed by atoms with Gasteiger partial charge in [-0.05, 0) is 0 Å². The minimum absolute atomic E-state index is 0. The summed E-state index contributed by atoms with van der Waals surface area (Å²) in [5.41, 5.74) is 2.44. The lowest BCUT2D eigenvalue weighted by atomic mass is 11.5. The molecule has 0 aromatic heterocycles. The van der Waals surface area contributed by atoms with E-state index in [4.69, 9.17) is 0 Å². The van der Waals surface area contributed by atoms with Crippen LogP contribution in [0.3, 0.4) is 0 Å². The van der Waals surface area contributed by atoms with Gasteiger partial charge in [0.05, 0.1) is 0 Å². The minimum Gasteiger partial charge on any atom is -0.314 e. The third kappa shape index (κ3) is 13.9. The van der Waals surface area contributed by atoms with E-state index in [9.17, 15) is 0 Å². The first-order chi connectivity index (χ1) is 1.91. The fraction of sp³-hybridized carbons (Fsp3) is 0.500. The molecule has 0 unspecified atom stereocenters. The molecule has 1 N–H and O–H groups in total. The van der Waals surface area contributed by atoms with E-state index in [1.807, 2.05) is 0 Å². The molecule has 0 aromatic carbocycles. The highest BCUT2D eigenvalue weighted by Crippen LogP contribution is 1.27. The van der Waals surface area contributed by atoms with Crippen molar-refractivity contribution in [2.75, 3.05) is 7.05 Å². The fourth-order valence-electron chi connectivity index (χ4n) is 0. The van der Waals surface area contributed by atoms with E-state index in [1.54, 1.807) is 7.05 Å². The third-order valence-electron chi connectivity index (χ3n) is 0.158. The maximum atomic E-state index is 3.24. The largest absolute Gasteiger partial charge is 0.314 e. The standard InChI is InChI=1S/C2H6N2.Mg/c1-3-4-2;/h4H,1H2,2H3;. The van der Waals surface area contributed by atoms with Crippen molar-refractivity contribution >= 4 is 29.8 Å². The molecule has 0 saturated heterocycles. The molecule has 0 aromatic rings. The average Bonchev–Trinajstić information content (AvgIpc) is 1.37. The zero-order valence-corrected chi connectivity index (χ0v) is 4.78. The van der Waals surface area contributed by atoms with Crippen LogP contribution in [-0.4, -0.2) is 36.8 Å². The summed E-state index contributed by atoms with van der Waals surface area (Å²) in [5.74, 6) is 0. The maximum Gasteiger partial charge on any atom is 0.0216 e. The van der Waals surface area contributed by atoms with Crippen LogP contribution < -0.4 is 5.43 Å². The second kappa shape index (κ2) is 8.87. The molecule has 0 saturated carbocycles. The van der Waals surface area contributed by atoms with Gasteiger partial charge in [0.15, 0.2) is 0 Å². The van der Waals surface area contributed by atoms with Crippen molar-refractivity contribution in [2.24, 2.45) is 5.10 Å². The summed E-state index contributed by atoms with van der Waals surface area (Å²) < 4.78 is 0. The van der Waals surface area contributed by atoms with Crippen molar-refractivity contribution in [3.8, 4) is 0 Å². The van der Waals surface area contributed by atoms with E-state index >= 15 is 0 Å². The molecule has 3 heteroatoms. The van der Waals surface area contributed by atoms with Gasteiger partial charge in [0.2, 0.25) is 0 Å². The predicted octanol–water partition coefficient (Wildman–Crippen LogP) is -0.559. The Morgan fingerprint density at radius 3 is 2.00 bits per heavy atom. The van der Waals surface area contributed by atoms with Gasteiger partial charge < -0.3 is 5.43 Å². The molecule has 0 bridgehead atoms. The first-order valence-corrected chi connectivity index (χ1v) is 1.04. The van der Waals surface area contributed by atoms with Crippen LogP contribution in [0.2, 0.25) is 0 Å². The number of rotatable bonds is 1. The molecule has 0 rings (SSSR count). The van der Waals surface area contributed by atoms with Crippen LogP contribution in [0.25, 0.3) is 0 Å². The minimum atomic E-state index is 0. The second-order valence-corrected chi connectivity index (χ2v) is 0.382. The zero-order valence-electron chi connectivity index (χ0n) is 3.36. The van der Waals surface area contributed by atoms with Gasteiger partial charge in [-0.1, -0.05) is 0 Å². The summed E-state index contributed by atoms with van der Waals surface area (Å²) in [6.07, 6.45) is 0. The topological polar surface area (TPSA) is 24.4 Å². The first-order valence-electron chi connectivity index (χ1n) is 1.04. The van der Waals surface area contributed by atoms with Crippen molar-refractivity contribution in [3.05, 3.63) is 0 Å². The summed E-state index contributed by atoms with van der Waals surface area (Å²) in [6, 6.07) is 0. The van der Waals surface area contributed by atoms with Gasteiger partial charge in [-0.15, -0.1) is 0 Å². The van der Waals surface area contributed by atoms with Gasteiger partial charge in [0.25, 0.3) is 0 Å². The lowest BCUT2D eigenvalue weighted by Crippen LogP contribution is -1.88. The molecule has 0 aliphatic heterocycles. The molecule has 2 radical (unpaired) electrons. The highest BCUT2D eigenvalue weighted by Gasteiger charge is 1.33. The molecular weight excluding hydrogens is 76.3 g/mol. The molecule has 0 atom stereocenters. The van der Waals surface area contributed by atoms with Crippen LogP contribution in [0.15, 0.2) is 5.10 Å². The molecule has 26 valence electrons. The Labute approximate surface area is 47.8 Å². The fourth-order valence-corrected chi connectivity index (χ4v) is 0. The molecule has 0 aliphatic carbocycles. The Balaban J connectivity index is 0. The summed E-state index contributed by atoms with van der Waals surface area (Å²) in [4.78, 5) is 0.